The Morgan fingerprint density at radius 1 is 1.44 bits per heavy atom. The molecule has 84 valence electrons. The summed E-state index contributed by atoms with van der Waals surface area (Å²) in [4.78, 5) is 11.5. The lowest BCUT2D eigenvalue weighted by Crippen LogP contribution is -2.32. The molecular formula is C11H10F2N2O. The van der Waals surface area contributed by atoms with Crippen molar-refractivity contribution >= 4 is 5.91 Å². The first-order valence-electron chi connectivity index (χ1n) is 4.67. The maximum atomic E-state index is 12.8. The molecule has 1 atom stereocenters. The SMILES string of the molecule is CC(CC#N)NC(=O)c1cc(F)cc(F)c1. The fraction of sp³-hybridized carbons (Fsp3) is 0.273. The van der Waals surface area contributed by atoms with Crippen LogP contribution in [0.25, 0.3) is 0 Å². The summed E-state index contributed by atoms with van der Waals surface area (Å²) in [5.41, 5.74) is -0.0951. The number of hydrogen-bond acceptors (Lipinski definition) is 2. The fourth-order valence-electron chi connectivity index (χ4n) is 1.18. The van der Waals surface area contributed by atoms with Gasteiger partial charge in [-0.05, 0) is 19.1 Å². The molecular weight excluding hydrogens is 214 g/mol. The van der Waals surface area contributed by atoms with E-state index < -0.39 is 17.5 Å². The molecule has 0 saturated carbocycles. The number of nitriles is 1. The standard InChI is InChI=1S/C11H10F2N2O/c1-7(2-3-14)15-11(16)8-4-9(12)6-10(13)5-8/h4-7H,2H2,1H3,(H,15,16). The zero-order valence-electron chi connectivity index (χ0n) is 8.63. The molecule has 0 aliphatic rings. The van der Waals surface area contributed by atoms with Crippen molar-refractivity contribution in [2.75, 3.05) is 0 Å². The Bertz CT molecular complexity index is 420. The first kappa shape index (κ1) is 12.1. The Hall–Kier alpha value is -1.96. The van der Waals surface area contributed by atoms with Gasteiger partial charge in [0, 0.05) is 17.7 Å². The summed E-state index contributed by atoms with van der Waals surface area (Å²) in [6.45, 7) is 1.64. The maximum absolute atomic E-state index is 12.8. The summed E-state index contributed by atoms with van der Waals surface area (Å²) in [5, 5.41) is 10.8. The third kappa shape index (κ3) is 3.31. The van der Waals surface area contributed by atoms with E-state index in [1.54, 1.807) is 6.92 Å². The lowest BCUT2D eigenvalue weighted by atomic mass is 10.1. The van der Waals surface area contributed by atoms with Crippen molar-refractivity contribution in [1.82, 2.24) is 5.32 Å². The van der Waals surface area contributed by atoms with E-state index in [4.69, 9.17) is 5.26 Å². The molecule has 1 N–H and O–H groups in total. The van der Waals surface area contributed by atoms with Gasteiger partial charge in [-0.2, -0.15) is 5.26 Å². The molecule has 1 rings (SSSR count). The lowest BCUT2D eigenvalue weighted by molar-refractivity contribution is 0.0940. The average Bonchev–Trinajstić information content (AvgIpc) is 2.16. The number of hydrogen-bond donors (Lipinski definition) is 1. The van der Waals surface area contributed by atoms with Gasteiger partial charge in [-0.25, -0.2) is 8.78 Å². The van der Waals surface area contributed by atoms with Gasteiger partial charge in [0.2, 0.25) is 0 Å². The quantitative estimate of drug-likeness (QED) is 0.853. The number of nitrogens with one attached hydrogen (secondary N) is 1. The van der Waals surface area contributed by atoms with Crippen molar-refractivity contribution in [2.24, 2.45) is 0 Å². The van der Waals surface area contributed by atoms with Gasteiger partial charge in [0.1, 0.15) is 11.6 Å². The van der Waals surface area contributed by atoms with E-state index in [2.05, 4.69) is 5.32 Å². The Balaban J connectivity index is 2.77. The van der Waals surface area contributed by atoms with Crippen LogP contribution in [-0.4, -0.2) is 11.9 Å². The smallest absolute Gasteiger partial charge is 0.251 e. The second-order valence-electron chi connectivity index (χ2n) is 3.39. The molecule has 5 heteroatoms. The second kappa shape index (κ2) is 5.21. The van der Waals surface area contributed by atoms with Crippen molar-refractivity contribution in [3.8, 4) is 6.07 Å². The molecule has 1 amide bonds. The number of carbonyl (C=O) groups is 1. The largest absolute Gasteiger partial charge is 0.349 e. The average molecular weight is 224 g/mol. The molecule has 0 fully saturated rings. The van der Waals surface area contributed by atoms with Crippen LogP contribution < -0.4 is 5.32 Å². The number of amides is 1. The van der Waals surface area contributed by atoms with Gasteiger partial charge >= 0.3 is 0 Å². The summed E-state index contributed by atoms with van der Waals surface area (Å²) in [6.07, 6.45) is 0.142. The van der Waals surface area contributed by atoms with Crippen LogP contribution in [0.3, 0.4) is 0 Å². The molecule has 0 bridgehead atoms. The highest BCUT2D eigenvalue weighted by molar-refractivity contribution is 5.94. The molecule has 1 aromatic carbocycles. The number of nitrogens with zero attached hydrogens (tertiary/aromatic N) is 1. The Labute approximate surface area is 91.7 Å². The minimum Gasteiger partial charge on any atom is -0.349 e. The number of halogens is 2. The van der Waals surface area contributed by atoms with Gasteiger partial charge in [0.25, 0.3) is 5.91 Å². The van der Waals surface area contributed by atoms with Crippen LogP contribution >= 0.6 is 0 Å². The zero-order chi connectivity index (χ0) is 12.1. The van der Waals surface area contributed by atoms with Crippen molar-refractivity contribution < 1.29 is 13.6 Å². The molecule has 0 aromatic heterocycles. The van der Waals surface area contributed by atoms with E-state index in [1.165, 1.54) is 0 Å². The van der Waals surface area contributed by atoms with E-state index >= 15 is 0 Å². The topological polar surface area (TPSA) is 52.9 Å². The molecule has 0 saturated heterocycles. The van der Waals surface area contributed by atoms with E-state index in [0.29, 0.717) is 6.07 Å². The number of carbonyl (C=O) groups excluding carboxylic acids is 1. The van der Waals surface area contributed by atoms with Crippen LogP contribution in [0.1, 0.15) is 23.7 Å². The highest BCUT2D eigenvalue weighted by Gasteiger charge is 2.11. The van der Waals surface area contributed by atoms with E-state index in [9.17, 15) is 13.6 Å². The van der Waals surface area contributed by atoms with Crippen LogP contribution in [0.5, 0.6) is 0 Å². The maximum Gasteiger partial charge on any atom is 0.251 e. The van der Waals surface area contributed by atoms with Gasteiger partial charge in [0.05, 0.1) is 12.5 Å². The van der Waals surface area contributed by atoms with E-state index in [-0.39, 0.29) is 18.0 Å². The zero-order valence-corrected chi connectivity index (χ0v) is 8.63. The highest BCUT2D eigenvalue weighted by Crippen LogP contribution is 2.08. The van der Waals surface area contributed by atoms with Gasteiger partial charge in [-0.3, -0.25) is 4.79 Å². The van der Waals surface area contributed by atoms with E-state index in [1.807, 2.05) is 6.07 Å². The molecule has 0 radical (unpaired) electrons. The minimum absolute atomic E-state index is 0.0951. The third-order valence-electron chi connectivity index (χ3n) is 1.90. The Kier molecular flexibility index (Phi) is 3.95. The van der Waals surface area contributed by atoms with Crippen molar-refractivity contribution in [2.45, 2.75) is 19.4 Å². The molecule has 0 aliphatic heterocycles. The molecule has 0 spiro atoms. The second-order valence-corrected chi connectivity index (χ2v) is 3.39. The molecule has 0 heterocycles. The predicted octanol–water partition coefficient (Wildman–Crippen LogP) is 2.00. The fourth-order valence-corrected chi connectivity index (χ4v) is 1.18. The highest BCUT2D eigenvalue weighted by atomic mass is 19.1. The van der Waals surface area contributed by atoms with Gasteiger partial charge in [-0.15, -0.1) is 0 Å². The van der Waals surface area contributed by atoms with Crippen LogP contribution in [0, 0.1) is 23.0 Å². The first-order chi connectivity index (χ1) is 7.52. The van der Waals surface area contributed by atoms with Gasteiger partial charge in [0.15, 0.2) is 0 Å². The predicted molar refractivity (Wildman–Crippen MR) is 53.5 cm³/mol. The summed E-state index contributed by atoms with van der Waals surface area (Å²) in [6, 6.07) is 4.10. The van der Waals surface area contributed by atoms with E-state index in [0.717, 1.165) is 12.1 Å². The van der Waals surface area contributed by atoms with Gasteiger partial charge < -0.3 is 5.32 Å². The lowest BCUT2D eigenvalue weighted by Gasteiger charge is -2.10. The van der Waals surface area contributed by atoms with Crippen LogP contribution in [0.4, 0.5) is 8.78 Å². The molecule has 1 aromatic rings. The minimum atomic E-state index is -0.807. The molecule has 0 aliphatic carbocycles. The number of rotatable bonds is 3. The van der Waals surface area contributed by atoms with Crippen molar-refractivity contribution in [3.63, 3.8) is 0 Å². The van der Waals surface area contributed by atoms with Gasteiger partial charge in [-0.1, -0.05) is 0 Å². The van der Waals surface area contributed by atoms with Crippen molar-refractivity contribution in [1.29, 1.82) is 5.26 Å². The normalized spacial score (nSPS) is 11.6. The molecule has 1 unspecified atom stereocenters. The van der Waals surface area contributed by atoms with Crippen LogP contribution in [-0.2, 0) is 0 Å². The Morgan fingerprint density at radius 2 is 2.00 bits per heavy atom. The summed E-state index contributed by atoms with van der Waals surface area (Å²) in [5.74, 6) is -2.21. The molecule has 3 nitrogen and oxygen atoms in total. The number of benzene rings is 1. The summed E-state index contributed by atoms with van der Waals surface area (Å²) >= 11 is 0. The molecule has 16 heavy (non-hydrogen) atoms. The van der Waals surface area contributed by atoms with Crippen LogP contribution in [0.15, 0.2) is 18.2 Å². The first-order valence-corrected chi connectivity index (χ1v) is 4.67. The third-order valence-corrected chi connectivity index (χ3v) is 1.90. The Morgan fingerprint density at radius 3 is 2.50 bits per heavy atom. The monoisotopic (exact) mass is 224 g/mol. The summed E-state index contributed by atoms with van der Waals surface area (Å²) in [7, 11) is 0. The van der Waals surface area contributed by atoms with Crippen LogP contribution in [0.2, 0.25) is 0 Å². The summed E-state index contributed by atoms with van der Waals surface area (Å²) < 4.78 is 25.6. The van der Waals surface area contributed by atoms with Crippen molar-refractivity contribution in [3.05, 3.63) is 35.4 Å².